The van der Waals surface area contributed by atoms with Crippen LogP contribution in [-0.4, -0.2) is 21.3 Å². The summed E-state index contributed by atoms with van der Waals surface area (Å²) >= 11 is 0. The first-order chi connectivity index (χ1) is 12.2. The van der Waals surface area contributed by atoms with E-state index in [9.17, 15) is 9.59 Å². The van der Waals surface area contributed by atoms with Crippen molar-refractivity contribution in [3.63, 3.8) is 0 Å². The Hall–Kier alpha value is -2.95. The maximum Gasteiger partial charge on any atom is 0.330 e. The zero-order chi connectivity index (χ0) is 17.9. The SMILES string of the molecule is Cn1ccnc1C(=O)/C=C/CCC/C=C/C(=O)OCc1ccccc1. The first-order valence-electron chi connectivity index (χ1n) is 8.22. The summed E-state index contributed by atoms with van der Waals surface area (Å²) in [5.74, 6) is -0.0193. The zero-order valence-corrected chi connectivity index (χ0v) is 14.3. The topological polar surface area (TPSA) is 61.2 Å². The number of allylic oxidation sites excluding steroid dienone is 3. The van der Waals surface area contributed by atoms with Crippen LogP contribution in [0, 0.1) is 0 Å². The summed E-state index contributed by atoms with van der Waals surface area (Å²) in [6.07, 6.45) is 12.3. The van der Waals surface area contributed by atoms with Gasteiger partial charge in [-0.2, -0.15) is 0 Å². The smallest absolute Gasteiger partial charge is 0.330 e. The molecule has 1 heterocycles. The van der Waals surface area contributed by atoms with Crippen molar-refractivity contribution in [2.24, 2.45) is 7.05 Å². The van der Waals surface area contributed by atoms with Crippen molar-refractivity contribution in [3.05, 3.63) is 78.4 Å². The number of aryl methyl sites for hydroxylation is 1. The molecule has 0 N–H and O–H groups in total. The van der Waals surface area contributed by atoms with Crippen molar-refractivity contribution in [2.75, 3.05) is 0 Å². The van der Waals surface area contributed by atoms with Gasteiger partial charge in [-0.3, -0.25) is 4.79 Å². The van der Waals surface area contributed by atoms with E-state index in [4.69, 9.17) is 4.74 Å². The lowest BCUT2D eigenvalue weighted by molar-refractivity contribution is -0.139. The molecule has 2 rings (SSSR count). The van der Waals surface area contributed by atoms with E-state index < -0.39 is 0 Å². The van der Waals surface area contributed by atoms with Crippen molar-refractivity contribution < 1.29 is 14.3 Å². The van der Waals surface area contributed by atoms with Crippen LogP contribution in [0.15, 0.2) is 67.0 Å². The Kier molecular flexibility index (Phi) is 7.38. The monoisotopic (exact) mass is 338 g/mol. The summed E-state index contributed by atoms with van der Waals surface area (Å²) in [7, 11) is 1.79. The summed E-state index contributed by atoms with van der Waals surface area (Å²) in [6, 6.07) is 9.56. The van der Waals surface area contributed by atoms with E-state index in [1.807, 2.05) is 36.4 Å². The molecular weight excluding hydrogens is 316 g/mol. The molecule has 1 aromatic heterocycles. The van der Waals surface area contributed by atoms with Crippen LogP contribution in [0.4, 0.5) is 0 Å². The molecule has 0 aliphatic carbocycles. The molecule has 1 aromatic carbocycles. The molecule has 0 aliphatic rings. The van der Waals surface area contributed by atoms with Crippen molar-refractivity contribution in [1.29, 1.82) is 0 Å². The van der Waals surface area contributed by atoms with Crippen LogP contribution >= 0.6 is 0 Å². The highest BCUT2D eigenvalue weighted by Gasteiger charge is 2.05. The predicted octanol–water partition coefficient (Wildman–Crippen LogP) is 3.63. The molecule has 0 atom stereocenters. The Morgan fingerprint density at radius 2 is 1.84 bits per heavy atom. The number of nitrogens with zero attached hydrogens (tertiary/aromatic N) is 2. The number of imidazole rings is 1. The van der Waals surface area contributed by atoms with Gasteiger partial charge in [0, 0.05) is 25.5 Å². The summed E-state index contributed by atoms with van der Waals surface area (Å²) in [5.41, 5.74) is 0.965. The van der Waals surface area contributed by atoms with E-state index in [0.29, 0.717) is 5.82 Å². The van der Waals surface area contributed by atoms with Gasteiger partial charge in [-0.1, -0.05) is 42.5 Å². The minimum absolute atomic E-state index is 0.104. The number of hydrogen-bond acceptors (Lipinski definition) is 4. The Balaban J connectivity index is 1.60. The largest absolute Gasteiger partial charge is 0.458 e. The van der Waals surface area contributed by atoms with E-state index in [2.05, 4.69) is 4.98 Å². The van der Waals surface area contributed by atoms with Gasteiger partial charge in [0.2, 0.25) is 5.78 Å². The number of carbonyl (C=O) groups excluding carboxylic acids is 2. The summed E-state index contributed by atoms with van der Waals surface area (Å²) in [4.78, 5) is 27.4. The third kappa shape index (κ3) is 6.59. The zero-order valence-electron chi connectivity index (χ0n) is 14.3. The molecule has 0 bridgehead atoms. The van der Waals surface area contributed by atoms with Gasteiger partial charge in [-0.15, -0.1) is 0 Å². The average Bonchev–Trinajstić information content (AvgIpc) is 3.06. The van der Waals surface area contributed by atoms with E-state index in [1.54, 1.807) is 36.2 Å². The van der Waals surface area contributed by atoms with Gasteiger partial charge < -0.3 is 9.30 Å². The van der Waals surface area contributed by atoms with Crippen LogP contribution in [0.1, 0.15) is 35.4 Å². The summed E-state index contributed by atoms with van der Waals surface area (Å²) in [5, 5.41) is 0. The van der Waals surface area contributed by atoms with Gasteiger partial charge in [0.05, 0.1) is 0 Å². The number of benzene rings is 1. The van der Waals surface area contributed by atoms with Crippen LogP contribution in [0.5, 0.6) is 0 Å². The first kappa shape index (κ1) is 18.4. The maximum absolute atomic E-state index is 11.8. The fourth-order valence-electron chi connectivity index (χ4n) is 2.18. The lowest BCUT2D eigenvalue weighted by Gasteiger charge is -2.01. The molecule has 0 amide bonds. The van der Waals surface area contributed by atoms with Gasteiger partial charge in [-0.25, -0.2) is 9.78 Å². The van der Waals surface area contributed by atoms with Crippen molar-refractivity contribution in [1.82, 2.24) is 9.55 Å². The summed E-state index contributed by atoms with van der Waals surface area (Å²) in [6.45, 7) is 0.280. The summed E-state index contributed by atoms with van der Waals surface area (Å²) < 4.78 is 6.84. The van der Waals surface area contributed by atoms with Gasteiger partial charge in [0.1, 0.15) is 6.61 Å². The number of hydrogen-bond donors (Lipinski definition) is 0. The van der Waals surface area contributed by atoms with Gasteiger partial charge in [-0.05, 0) is 30.9 Å². The Morgan fingerprint density at radius 1 is 1.12 bits per heavy atom. The molecule has 5 heteroatoms. The average molecular weight is 338 g/mol. The molecule has 0 spiro atoms. The fraction of sp³-hybridized carbons (Fsp3) is 0.250. The number of unbranched alkanes of at least 4 members (excludes halogenated alkanes) is 2. The second-order valence-corrected chi connectivity index (χ2v) is 5.55. The first-order valence-corrected chi connectivity index (χ1v) is 8.22. The Morgan fingerprint density at radius 3 is 2.52 bits per heavy atom. The molecule has 0 fully saturated rings. The maximum atomic E-state index is 11.8. The Labute approximate surface area is 147 Å². The molecule has 0 saturated heterocycles. The molecule has 0 unspecified atom stereocenters. The number of rotatable bonds is 9. The van der Waals surface area contributed by atoms with Crippen molar-refractivity contribution >= 4 is 11.8 Å². The molecule has 0 radical (unpaired) electrons. The van der Waals surface area contributed by atoms with E-state index in [0.717, 1.165) is 24.8 Å². The second kappa shape index (κ2) is 10.0. The normalized spacial score (nSPS) is 11.2. The van der Waals surface area contributed by atoms with E-state index in [-0.39, 0.29) is 18.4 Å². The second-order valence-electron chi connectivity index (χ2n) is 5.55. The van der Waals surface area contributed by atoms with E-state index in [1.165, 1.54) is 6.08 Å². The standard InChI is InChI=1S/C20H22N2O3/c1-22-15-14-21-20(22)18(23)12-8-3-2-4-9-13-19(24)25-16-17-10-6-5-7-11-17/h5-15H,2-4,16H2,1H3/b12-8+,13-9+. The molecule has 25 heavy (non-hydrogen) atoms. The lowest BCUT2D eigenvalue weighted by Crippen LogP contribution is -2.03. The molecule has 2 aromatic rings. The highest BCUT2D eigenvalue weighted by molar-refractivity contribution is 6.01. The molecule has 130 valence electrons. The highest BCUT2D eigenvalue weighted by atomic mass is 16.5. The van der Waals surface area contributed by atoms with Crippen LogP contribution in [-0.2, 0) is 23.2 Å². The third-order valence-corrected chi connectivity index (χ3v) is 3.53. The quantitative estimate of drug-likeness (QED) is 0.303. The van der Waals surface area contributed by atoms with Gasteiger partial charge in [0.15, 0.2) is 5.82 Å². The van der Waals surface area contributed by atoms with Gasteiger partial charge in [0.25, 0.3) is 0 Å². The molecule has 0 aliphatic heterocycles. The van der Waals surface area contributed by atoms with Crippen molar-refractivity contribution in [3.8, 4) is 0 Å². The predicted molar refractivity (Wildman–Crippen MR) is 95.9 cm³/mol. The molecule has 0 saturated carbocycles. The minimum atomic E-state index is -0.343. The lowest BCUT2D eigenvalue weighted by atomic mass is 10.2. The van der Waals surface area contributed by atoms with E-state index >= 15 is 0 Å². The highest BCUT2D eigenvalue weighted by Crippen LogP contribution is 2.03. The van der Waals surface area contributed by atoms with Crippen LogP contribution in [0.25, 0.3) is 0 Å². The minimum Gasteiger partial charge on any atom is -0.458 e. The fourth-order valence-corrected chi connectivity index (χ4v) is 2.18. The molecular formula is C20H22N2O3. The van der Waals surface area contributed by atoms with Gasteiger partial charge >= 0.3 is 5.97 Å². The number of esters is 1. The van der Waals surface area contributed by atoms with Crippen LogP contribution in [0.3, 0.4) is 0 Å². The molecule has 5 nitrogen and oxygen atoms in total. The number of aromatic nitrogens is 2. The Bertz CT molecular complexity index is 745. The number of ketones is 1. The third-order valence-electron chi connectivity index (χ3n) is 3.53. The van der Waals surface area contributed by atoms with Crippen LogP contribution in [0.2, 0.25) is 0 Å². The van der Waals surface area contributed by atoms with Crippen molar-refractivity contribution in [2.45, 2.75) is 25.9 Å². The van der Waals surface area contributed by atoms with Crippen LogP contribution < -0.4 is 0 Å². The number of carbonyl (C=O) groups is 2. The number of ether oxygens (including phenoxy) is 1.